The number of rotatable bonds is 10. The quantitative estimate of drug-likeness (QED) is 0.200. The third-order valence-corrected chi connectivity index (χ3v) is 6.40. The molecule has 1 aliphatic carbocycles. The maximum atomic E-state index is 5.65. The Hall–Kier alpha value is -0.0800. The summed E-state index contributed by atoms with van der Waals surface area (Å²) in [4.78, 5) is 7.62. The number of nitrogens with zero attached hydrogens (tertiary/aromatic N) is 2. The van der Waals surface area contributed by atoms with E-state index in [1.807, 2.05) is 0 Å². The van der Waals surface area contributed by atoms with E-state index >= 15 is 0 Å². The molecule has 0 bridgehead atoms. The summed E-state index contributed by atoms with van der Waals surface area (Å²) >= 11 is 0. The van der Waals surface area contributed by atoms with Crippen LogP contribution >= 0.6 is 24.0 Å². The van der Waals surface area contributed by atoms with Crippen LogP contribution in [0.2, 0.25) is 0 Å². The lowest BCUT2D eigenvalue weighted by molar-refractivity contribution is 0.107. The van der Waals surface area contributed by atoms with Gasteiger partial charge >= 0.3 is 0 Å². The van der Waals surface area contributed by atoms with E-state index in [2.05, 4.69) is 43.2 Å². The average molecular weight is 509 g/mol. The Bertz CT molecular complexity index is 438. The van der Waals surface area contributed by atoms with Crippen LogP contribution in [0.15, 0.2) is 4.99 Å². The van der Waals surface area contributed by atoms with Crippen molar-refractivity contribution in [1.29, 1.82) is 0 Å². The lowest BCUT2D eigenvalue weighted by Crippen LogP contribution is -2.46. The number of hydrogen-bond donors (Lipinski definition) is 2. The Kier molecular flexibility index (Phi) is 13.0. The first kappa shape index (κ1) is 26.0. The van der Waals surface area contributed by atoms with Gasteiger partial charge in [0.1, 0.15) is 0 Å². The minimum absolute atomic E-state index is 0. The summed E-state index contributed by atoms with van der Waals surface area (Å²) in [5.74, 6) is 1.73. The van der Waals surface area contributed by atoms with E-state index in [4.69, 9.17) is 9.73 Å². The summed E-state index contributed by atoms with van der Waals surface area (Å²) < 4.78 is 5.65. The minimum atomic E-state index is 0. The van der Waals surface area contributed by atoms with Gasteiger partial charge in [-0.05, 0) is 77.7 Å². The first-order valence-corrected chi connectivity index (χ1v) is 11.4. The molecule has 0 aromatic heterocycles. The third kappa shape index (κ3) is 8.74. The molecule has 0 spiro atoms. The van der Waals surface area contributed by atoms with Crippen molar-refractivity contribution >= 4 is 29.9 Å². The van der Waals surface area contributed by atoms with E-state index in [0.717, 1.165) is 51.1 Å². The van der Waals surface area contributed by atoms with Crippen molar-refractivity contribution in [2.45, 2.75) is 78.7 Å². The number of aliphatic imine (C=N–C) groups is 1. The number of nitrogens with one attached hydrogen (secondary N) is 2. The van der Waals surface area contributed by atoms with Gasteiger partial charge in [0.05, 0.1) is 0 Å². The summed E-state index contributed by atoms with van der Waals surface area (Å²) in [7, 11) is 0. The molecular formula is C22H45IN4O. The molecule has 1 saturated carbocycles. The Morgan fingerprint density at radius 2 is 1.93 bits per heavy atom. The van der Waals surface area contributed by atoms with E-state index in [-0.39, 0.29) is 24.0 Å². The van der Waals surface area contributed by atoms with Crippen LogP contribution in [-0.2, 0) is 4.74 Å². The normalized spacial score (nSPS) is 22.9. The first-order valence-electron chi connectivity index (χ1n) is 11.4. The Morgan fingerprint density at radius 3 is 2.57 bits per heavy atom. The second-order valence-electron chi connectivity index (χ2n) is 8.83. The highest BCUT2D eigenvalue weighted by Crippen LogP contribution is 2.41. The molecule has 2 aliphatic rings. The van der Waals surface area contributed by atoms with Crippen LogP contribution in [0.5, 0.6) is 0 Å². The maximum absolute atomic E-state index is 5.65. The zero-order chi connectivity index (χ0) is 19.5. The Morgan fingerprint density at radius 1 is 1.18 bits per heavy atom. The zero-order valence-corrected chi connectivity index (χ0v) is 21.1. The van der Waals surface area contributed by atoms with E-state index in [1.54, 1.807) is 0 Å². The monoisotopic (exact) mass is 508 g/mol. The largest absolute Gasteiger partial charge is 0.382 e. The summed E-state index contributed by atoms with van der Waals surface area (Å²) in [5.41, 5.74) is 0.358. The van der Waals surface area contributed by atoms with Crippen molar-refractivity contribution < 1.29 is 4.74 Å². The van der Waals surface area contributed by atoms with Crippen LogP contribution < -0.4 is 10.6 Å². The van der Waals surface area contributed by atoms with Crippen molar-refractivity contribution in [1.82, 2.24) is 15.5 Å². The van der Waals surface area contributed by atoms with Crippen molar-refractivity contribution in [2.24, 2.45) is 16.3 Å². The molecule has 0 amide bonds. The molecular weight excluding hydrogens is 463 g/mol. The standard InChI is InChI=1S/C22H44N4O.HI/c1-5-23-21(24-16-20-10-9-14-26(17-20)19(3)4)25-18-22(11-7-8-12-22)13-15-27-6-2;/h19-20H,5-18H2,1-4H3,(H2,23,24,25);1H. The Balaban J connectivity index is 0.00000392. The number of piperidine rings is 1. The number of halogens is 1. The summed E-state index contributed by atoms with van der Waals surface area (Å²) in [6.45, 7) is 15.9. The first-order chi connectivity index (χ1) is 13.1. The van der Waals surface area contributed by atoms with E-state index < -0.39 is 0 Å². The van der Waals surface area contributed by atoms with Crippen molar-refractivity contribution in [3.8, 4) is 0 Å². The van der Waals surface area contributed by atoms with Gasteiger partial charge < -0.3 is 20.3 Å². The third-order valence-electron chi connectivity index (χ3n) is 6.40. The molecule has 2 fully saturated rings. The van der Waals surface area contributed by atoms with Gasteiger partial charge in [0.15, 0.2) is 5.96 Å². The SMILES string of the molecule is CCNC(=NCC1(CCOCC)CCCC1)NCC1CCCN(C(C)C)C1.I. The van der Waals surface area contributed by atoms with Gasteiger partial charge in [0.2, 0.25) is 0 Å². The average Bonchev–Trinajstić information content (AvgIpc) is 3.13. The van der Waals surface area contributed by atoms with Crippen molar-refractivity contribution in [3.05, 3.63) is 0 Å². The smallest absolute Gasteiger partial charge is 0.191 e. The molecule has 1 heterocycles. The number of hydrogen-bond acceptors (Lipinski definition) is 3. The highest BCUT2D eigenvalue weighted by atomic mass is 127. The molecule has 0 aromatic rings. The van der Waals surface area contributed by atoms with Gasteiger partial charge in [0.25, 0.3) is 0 Å². The second-order valence-corrected chi connectivity index (χ2v) is 8.83. The molecule has 5 nitrogen and oxygen atoms in total. The van der Waals surface area contributed by atoms with Gasteiger partial charge in [-0.25, -0.2) is 0 Å². The van der Waals surface area contributed by atoms with Crippen LogP contribution in [0.1, 0.15) is 72.6 Å². The van der Waals surface area contributed by atoms with E-state index in [1.165, 1.54) is 51.6 Å². The van der Waals surface area contributed by atoms with Crippen LogP contribution in [0, 0.1) is 11.3 Å². The number of guanidine groups is 1. The molecule has 1 aliphatic heterocycles. The van der Waals surface area contributed by atoms with Crippen molar-refractivity contribution in [3.63, 3.8) is 0 Å². The van der Waals surface area contributed by atoms with Crippen molar-refractivity contribution in [2.75, 3.05) is 45.9 Å². The molecule has 1 unspecified atom stereocenters. The molecule has 6 heteroatoms. The van der Waals surface area contributed by atoms with Gasteiger partial charge in [0, 0.05) is 45.4 Å². The molecule has 1 atom stereocenters. The van der Waals surface area contributed by atoms with Gasteiger partial charge in [-0.2, -0.15) is 0 Å². The Labute approximate surface area is 190 Å². The van der Waals surface area contributed by atoms with Crippen LogP contribution in [-0.4, -0.2) is 62.8 Å². The molecule has 1 saturated heterocycles. The molecule has 166 valence electrons. The van der Waals surface area contributed by atoms with E-state index in [0.29, 0.717) is 11.5 Å². The van der Waals surface area contributed by atoms with Crippen LogP contribution in [0.4, 0.5) is 0 Å². The molecule has 2 N–H and O–H groups in total. The van der Waals surface area contributed by atoms with Crippen LogP contribution in [0.3, 0.4) is 0 Å². The predicted octanol–water partition coefficient (Wildman–Crippen LogP) is 4.27. The topological polar surface area (TPSA) is 48.9 Å². The predicted molar refractivity (Wildman–Crippen MR) is 131 cm³/mol. The second kappa shape index (κ2) is 14.0. The van der Waals surface area contributed by atoms with Gasteiger partial charge in [-0.3, -0.25) is 4.99 Å². The lowest BCUT2D eigenvalue weighted by atomic mass is 9.83. The fourth-order valence-corrected chi connectivity index (χ4v) is 4.61. The minimum Gasteiger partial charge on any atom is -0.382 e. The lowest BCUT2D eigenvalue weighted by Gasteiger charge is -2.35. The highest BCUT2D eigenvalue weighted by Gasteiger charge is 2.33. The van der Waals surface area contributed by atoms with Gasteiger partial charge in [-0.1, -0.05) is 12.8 Å². The maximum Gasteiger partial charge on any atom is 0.191 e. The molecule has 0 aromatic carbocycles. The molecule has 0 radical (unpaired) electrons. The molecule has 28 heavy (non-hydrogen) atoms. The van der Waals surface area contributed by atoms with Gasteiger partial charge in [-0.15, -0.1) is 24.0 Å². The number of ether oxygens (including phenoxy) is 1. The summed E-state index contributed by atoms with van der Waals surface area (Å²) in [6, 6.07) is 0.655. The van der Waals surface area contributed by atoms with E-state index in [9.17, 15) is 0 Å². The fourth-order valence-electron chi connectivity index (χ4n) is 4.61. The number of likely N-dealkylation sites (tertiary alicyclic amines) is 1. The summed E-state index contributed by atoms with van der Waals surface area (Å²) in [5, 5.41) is 7.10. The fraction of sp³-hybridized carbons (Fsp3) is 0.955. The van der Waals surface area contributed by atoms with Crippen LogP contribution in [0.25, 0.3) is 0 Å². The highest BCUT2D eigenvalue weighted by molar-refractivity contribution is 14.0. The molecule has 2 rings (SSSR count). The zero-order valence-electron chi connectivity index (χ0n) is 18.8. The summed E-state index contributed by atoms with van der Waals surface area (Å²) in [6.07, 6.45) is 9.09.